The highest BCUT2D eigenvalue weighted by Gasteiger charge is 2.28. The molecule has 18 heavy (non-hydrogen) atoms. The molecule has 0 spiro atoms. The number of rotatable bonds is 6. The minimum atomic E-state index is -0.968. The molecule has 1 aromatic rings. The van der Waals surface area contributed by atoms with Gasteiger partial charge in [0, 0.05) is 5.92 Å². The van der Waals surface area contributed by atoms with Crippen LogP contribution in [0.4, 0.5) is 0 Å². The van der Waals surface area contributed by atoms with E-state index in [-0.39, 0.29) is 5.78 Å². The van der Waals surface area contributed by atoms with Crippen LogP contribution in [-0.4, -0.2) is 23.5 Å². The fourth-order valence-corrected chi connectivity index (χ4v) is 1.64. The van der Waals surface area contributed by atoms with Crippen LogP contribution in [0.5, 0.6) is 5.75 Å². The molecule has 1 N–H and O–H groups in total. The van der Waals surface area contributed by atoms with E-state index in [1.165, 1.54) is 6.92 Å². The van der Waals surface area contributed by atoms with Crippen LogP contribution in [0.2, 0.25) is 0 Å². The van der Waals surface area contributed by atoms with Crippen LogP contribution in [0.15, 0.2) is 24.3 Å². The molecule has 0 aliphatic carbocycles. The van der Waals surface area contributed by atoms with Crippen LogP contribution in [0, 0.1) is 11.8 Å². The Labute approximate surface area is 107 Å². The smallest absolute Gasteiger partial charge is 0.306 e. The highest BCUT2D eigenvalue weighted by molar-refractivity contribution is 6.01. The summed E-state index contributed by atoms with van der Waals surface area (Å²) in [5, 5.41) is 8.94. The van der Waals surface area contributed by atoms with Crippen LogP contribution in [0.25, 0.3) is 0 Å². The summed E-state index contributed by atoms with van der Waals surface area (Å²) in [6, 6.07) is 6.91. The number of hydrogen-bond acceptors (Lipinski definition) is 3. The predicted octanol–water partition coefficient (Wildman–Crippen LogP) is 2.62. The van der Waals surface area contributed by atoms with Gasteiger partial charge in [0.1, 0.15) is 5.75 Å². The zero-order valence-corrected chi connectivity index (χ0v) is 10.8. The third-order valence-electron chi connectivity index (χ3n) is 3.01. The lowest BCUT2D eigenvalue weighted by molar-refractivity contribution is -0.142. The van der Waals surface area contributed by atoms with E-state index in [4.69, 9.17) is 9.84 Å². The first-order chi connectivity index (χ1) is 8.49. The topological polar surface area (TPSA) is 63.6 Å². The summed E-state index contributed by atoms with van der Waals surface area (Å²) in [6.07, 6.45) is 0. The number of carbonyl (C=O) groups excluding carboxylic acids is 1. The largest absolute Gasteiger partial charge is 0.493 e. The number of ether oxygens (including phenoxy) is 1. The van der Waals surface area contributed by atoms with Gasteiger partial charge in [-0.25, -0.2) is 0 Å². The third kappa shape index (κ3) is 3.09. The maximum atomic E-state index is 12.2. The van der Waals surface area contributed by atoms with Gasteiger partial charge in [-0.2, -0.15) is 0 Å². The lowest BCUT2D eigenvalue weighted by Crippen LogP contribution is -2.25. The third-order valence-corrected chi connectivity index (χ3v) is 3.01. The standard InChI is InChI=1S/C14H18O4/c1-4-18-12-8-6-5-7-11(12)13(15)9(2)10(3)14(16)17/h5-10H,4H2,1-3H3,(H,16,17). The van der Waals surface area contributed by atoms with Crippen LogP contribution in [-0.2, 0) is 4.79 Å². The van der Waals surface area contributed by atoms with Crippen molar-refractivity contribution in [2.75, 3.05) is 6.61 Å². The van der Waals surface area contributed by atoms with Crippen molar-refractivity contribution in [3.63, 3.8) is 0 Å². The molecule has 0 aliphatic rings. The Bertz CT molecular complexity index is 439. The van der Waals surface area contributed by atoms with Gasteiger partial charge in [-0.15, -0.1) is 0 Å². The normalized spacial score (nSPS) is 13.7. The molecule has 4 heteroatoms. The Morgan fingerprint density at radius 3 is 2.39 bits per heavy atom. The molecule has 4 nitrogen and oxygen atoms in total. The minimum Gasteiger partial charge on any atom is -0.493 e. The molecule has 1 aromatic carbocycles. The van der Waals surface area contributed by atoms with Crippen LogP contribution in [0.3, 0.4) is 0 Å². The monoisotopic (exact) mass is 250 g/mol. The van der Waals surface area contributed by atoms with Crippen molar-refractivity contribution in [1.29, 1.82) is 0 Å². The van der Waals surface area contributed by atoms with E-state index in [0.29, 0.717) is 17.9 Å². The Kier molecular flexibility index (Phi) is 4.89. The number of carbonyl (C=O) groups is 2. The Morgan fingerprint density at radius 2 is 1.83 bits per heavy atom. The Balaban J connectivity index is 2.99. The zero-order valence-electron chi connectivity index (χ0n) is 10.8. The molecule has 0 aliphatic heterocycles. The van der Waals surface area contributed by atoms with E-state index in [0.717, 1.165) is 0 Å². The van der Waals surface area contributed by atoms with Crippen molar-refractivity contribution in [3.8, 4) is 5.75 Å². The van der Waals surface area contributed by atoms with Gasteiger partial charge in [0.05, 0.1) is 18.1 Å². The highest BCUT2D eigenvalue weighted by Crippen LogP contribution is 2.24. The first-order valence-electron chi connectivity index (χ1n) is 5.97. The van der Waals surface area contributed by atoms with Crippen molar-refractivity contribution in [1.82, 2.24) is 0 Å². The van der Waals surface area contributed by atoms with Crippen LogP contribution >= 0.6 is 0 Å². The van der Waals surface area contributed by atoms with Crippen molar-refractivity contribution in [3.05, 3.63) is 29.8 Å². The van der Waals surface area contributed by atoms with E-state index in [9.17, 15) is 9.59 Å². The predicted molar refractivity (Wildman–Crippen MR) is 67.9 cm³/mol. The number of benzene rings is 1. The van der Waals surface area contributed by atoms with E-state index in [1.54, 1.807) is 31.2 Å². The van der Waals surface area contributed by atoms with Gasteiger partial charge in [0.25, 0.3) is 0 Å². The number of carboxylic acids is 1. The summed E-state index contributed by atoms with van der Waals surface area (Å²) in [5.74, 6) is -1.95. The molecule has 0 bridgehead atoms. The van der Waals surface area contributed by atoms with Gasteiger partial charge >= 0.3 is 5.97 Å². The van der Waals surface area contributed by atoms with Crippen molar-refractivity contribution >= 4 is 11.8 Å². The molecule has 0 fully saturated rings. The van der Waals surface area contributed by atoms with Crippen LogP contribution < -0.4 is 4.74 Å². The fraction of sp³-hybridized carbons (Fsp3) is 0.429. The molecular weight excluding hydrogens is 232 g/mol. The Hall–Kier alpha value is -1.84. The SMILES string of the molecule is CCOc1ccccc1C(=O)C(C)C(C)C(=O)O. The average Bonchev–Trinajstić information content (AvgIpc) is 2.37. The molecule has 0 radical (unpaired) electrons. The summed E-state index contributed by atoms with van der Waals surface area (Å²) >= 11 is 0. The number of hydrogen-bond donors (Lipinski definition) is 1. The average molecular weight is 250 g/mol. The molecule has 98 valence electrons. The number of Topliss-reactive ketones (excluding diaryl/α,β-unsaturated/α-hetero) is 1. The van der Waals surface area contributed by atoms with Crippen LogP contribution in [0.1, 0.15) is 31.1 Å². The minimum absolute atomic E-state index is 0.200. The lowest BCUT2D eigenvalue weighted by atomic mass is 9.88. The first-order valence-corrected chi connectivity index (χ1v) is 5.97. The van der Waals surface area contributed by atoms with Crippen molar-refractivity contribution < 1.29 is 19.4 Å². The van der Waals surface area contributed by atoms with Crippen molar-refractivity contribution in [2.24, 2.45) is 11.8 Å². The van der Waals surface area contributed by atoms with E-state index >= 15 is 0 Å². The maximum Gasteiger partial charge on any atom is 0.306 e. The number of aliphatic carboxylic acids is 1. The molecule has 0 aromatic heterocycles. The molecule has 0 heterocycles. The maximum absolute atomic E-state index is 12.2. The number of carboxylic acid groups (broad SMARTS) is 1. The molecule has 0 saturated carbocycles. The van der Waals surface area contributed by atoms with E-state index in [2.05, 4.69) is 0 Å². The highest BCUT2D eigenvalue weighted by atomic mass is 16.5. The lowest BCUT2D eigenvalue weighted by Gasteiger charge is -2.16. The van der Waals surface area contributed by atoms with Gasteiger partial charge < -0.3 is 9.84 Å². The van der Waals surface area contributed by atoms with Gasteiger partial charge in [-0.3, -0.25) is 9.59 Å². The second-order valence-corrected chi connectivity index (χ2v) is 4.21. The molecular formula is C14H18O4. The summed E-state index contributed by atoms with van der Waals surface area (Å²) in [5.41, 5.74) is 0.444. The second-order valence-electron chi connectivity index (χ2n) is 4.21. The number of para-hydroxylation sites is 1. The first kappa shape index (κ1) is 14.2. The number of ketones is 1. The Morgan fingerprint density at radius 1 is 1.22 bits per heavy atom. The molecule has 1 rings (SSSR count). The zero-order chi connectivity index (χ0) is 13.7. The summed E-state index contributed by atoms with van der Waals surface area (Å²) in [7, 11) is 0. The molecule has 2 unspecified atom stereocenters. The van der Waals surface area contributed by atoms with Gasteiger partial charge in [-0.1, -0.05) is 26.0 Å². The fourth-order valence-electron chi connectivity index (χ4n) is 1.64. The molecule has 2 atom stereocenters. The summed E-state index contributed by atoms with van der Waals surface area (Å²) in [4.78, 5) is 23.1. The summed E-state index contributed by atoms with van der Waals surface area (Å²) in [6.45, 7) is 5.47. The second kappa shape index (κ2) is 6.19. The van der Waals surface area contributed by atoms with Gasteiger partial charge in [0.15, 0.2) is 5.78 Å². The van der Waals surface area contributed by atoms with Gasteiger partial charge in [-0.05, 0) is 19.1 Å². The van der Waals surface area contributed by atoms with Gasteiger partial charge in [0.2, 0.25) is 0 Å². The molecule has 0 amide bonds. The van der Waals surface area contributed by atoms with E-state index in [1.807, 2.05) is 6.92 Å². The summed E-state index contributed by atoms with van der Waals surface area (Å²) < 4.78 is 5.38. The molecule has 0 saturated heterocycles. The van der Waals surface area contributed by atoms with Crippen molar-refractivity contribution in [2.45, 2.75) is 20.8 Å². The quantitative estimate of drug-likeness (QED) is 0.788. The van der Waals surface area contributed by atoms with E-state index < -0.39 is 17.8 Å².